The predicted molar refractivity (Wildman–Crippen MR) is 152 cm³/mol. The highest BCUT2D eigenvalue weighted by atomic mass is 35.5. The molecule has 0 aliphatic carbocycles. The van der Waals surface area contributed by atoms with E-state index in [1.165, 1.54) is 41.3 Å². The molecule has 0 amide bonds. The van der Waals surface area contributed by atoms with E-state index in [1.54, 1.807) is 29.7 Å². The molecule has 1 atom stereocenters. The van der Waals surface area contributed by atoms with E-state index < -0.39 is 11.1 Å². The highest BCUT2D eigenvalue weighted by molar-refractivity contribution is 7.79. The topological polar surface area (TPSA) is 107 Å². The van der Waals surface area contributed by atoms with Crippen LogP contribution in [0.1, 0.15) is 17.7 Å². The fourth-order valence-electron chi connectivity index (χ4n) is 4.26. The van der Waals surface area contributed by atoms with Gasteiger partial charge in [0.25, 0.3) is 0 Å². The van der Waals surface area contributed by atoms with Gasteiger partial charge in [-0.1, -0.05) is 11.6 Å². The summed E-state index contributed by atoms with van der Waals surface area (Å²) in [6.07, 6.45) is 5.94. The molecule has 1 fully saturated rings. The van der Waals surface area contributed by atoms with Crippen molar-refractivity contribution in [3.05, 3.63) is 82.7 Å². The van der Waals surface area contributed by atoms with Gasteiger partial charge in [-0.3, -0.25) is 8.61 Å². The smallest absolute Gasteiger partial charge is 0.223 e. The van der Waals surface area contributed by atoms with Gasteiger partial charge in [0.1, 0.15) is 11.5 Å². The second-order valence-electron chi connectivity index (χ2n) is 8.93. The third-order valence-corrected chi connectivity index (χ3v) is 7.94. The summed E-state index contributed by atoms with van der Waals surface area (Å²) in [6.45, 7) is 4.07. The standard InChI is InChI=1S/C21H21FN6S.C6H5ClO2S/c1-13-12-28-19(18(27-21(28)29-13)14-2-4-15(22)5-3-14)17-8-11-24-20(26-17)25-16-6-9-23-10-7-16;7-5-1-3-6(4-2-5)10(8)9/h2-5,8,11-12,16,23H,6-7,9-10H2,1H3,(H,24,25,26);1-4H,(H,8,9)/p-1. The van der Waals surface area contributed by atoms with Crippen molar-refractivity contribution in [3.63, 3.8) is 0 Å². The highest BCUT2D eigenvalue weighted by Crippen LogP contribution is 2.34. The summed E-state index contributed by atoms with van der Waals surface area (Å²) in [5.41, 5.74) is 3.34. The van der Waals surface area contributed by atoms with Crippen LogP contribution in [-0.2, 0) is 11.1 Å². The maximum absolute atomic E-state index is 13.4. The minimum absolute atomic E-state index is 0.254. The van der Waals surface area contributed by atoms with E-state index in [4.69, 9.17) is 21.6 Å². The molecule has 3 aromatic heterocycles. The molecule has 0 saturated carbocycles. The number of hydrogen-bond acceptors (Lipinski definition) is 8. The summed E-state index contributed by atoms with van der Waals surface area (Å²) in [4.78, 5) is 16.4. The predicted octanol–water partition coefficient (Wildman–Crippen LogP) is 5.71. The Balaban J connectivity index is 0.000000261. The Bertz CT molecular complexity index is 1580. The number of thiazole rings is 1. The van der Waals surface area contributed by atoms with Crippen molar-refractivity contribution in [1.82, 2.24) is 24.7 Å². The fraction of sp³-hybridized carbons (Fsp3) is 0.222. The Labute approximate surface area is 236 Å². The number of hydrogen-bond donors (Lipinski definition) is 2. The molecule has 0 radical (unpaired) electrons. The molecule has 2 N–H and O–H groups in total. The maximum Gasteiger partial charge on any atom is 0.223 e. The number of rotatable bonds is 5. The van der Waals surface area contributed by atoms with Crippen molar-refractivity contribution in [1.29, 1.82) is 0 Å². The first-order valence-corrected chi connectivity index (χ1v) is 14.5. The Morgan fingerprint density at radius 2 is 1.82 bits per heavy atom. The van der Waals surface area contributed by atoms with Crippen LogP contribution in [0.5, 0.6) is 0 Å². The van der Waals surface area contributed by atoms with E-state index in [0.29, 0.717) is 17.0 Å². The molecule has 0 spiro atoms. The Morgan fingerprint density at radius 1 is 1.10 bits per heavy atom. The normalized spacial score (nSPS) is 14.6. The highest BCUT2D eigenvalue weighted by Gasteiger charge is 2.20. The van der Waals surface area contributed by atoms with Crippen molar-refractivity contribution < 1.29 is 13.2 Å². The average molecular weight is 584 g/mol. The number of imidazole rings is 1. The summed E-state index contributed by atoms with van der Waals surface area (Å²) < 4.78 is 36.0. The van der Waals surface area contributed by atoms with Crippen LogP contribution >= 0.6 is 22.9 Å². The number of nitrogens with one attached hydrogen (secondary N) is 2. The summed E-state index contributed by atoms with van der Waals surface area (Å²) in [5.74, 6) is 0.365. The first-order chi connectivity index (χ1) is 18.9. The van der Waals surface area contributed by atoms with Crippen LogP contribution < -0.4 is 10.6 Å². The van der Waals surface area contributed by atoms with Gasteiger partial charge in [-0.05, 0) is 98.5 Å². The van der Waals surface area contributed by atoms with Crippen molar-refractivity contribution in [2.75, 3.05) is 18.4 Å². The molecule has 5 aromatic rings. The first-order valence-electron chi connectivity index (χ1n) is 12.3. The van der Waals surface area contributed by atoms with Gasteiger partial charge in [0, 0.05) is 38.8 Å². The van der Waals surface area contributed by atoms with E-state index in [2.05, 4.69) is 33.1 Å². The summed E-state index contributed by atoms with van der Waals surface area (Å²) in [7, 11) is 0. The summed E-state index contributed by atoms with van der Waals surface area (Å²) >= 11 is 4.99. The van der Waals surface area contributed by atoms with Crippen LogP contribution in [0.25, 0.3) is 27.6 Å². The number of piperidine rings is 1. The number of halogens is 2. The molecule has 2 aromatic carbocycles. The minimum atomic E-state index is -2.15. The van der Waals surface area contributed by atoms with E-state index in [0.717, 1.165) is 53.5 Å². The number of fused-ring (bicyclic) bond motifs is 1. The molecule has 6 rings (SSSR count). The van der Waals surface area contributed by atoms with Crippen molar-refractivity contribution >= 4 is 44.9 Å². The molecular formula is C27H25ClFN6O2S2-. The third-order valence-electron chi connectivity index (χ3n) is 6.14. The van der Waals surface area contributed by atoms with Crippen molar-refractivity contribution in [3.8, 4) is 22.6 Å². The van der Waals surface area contributed by atoms with Gasteiger partial charge in [0.15, 0.2) is 4.96 Å². The Kier molecular flexibility index (Phi) is 8.63. The molecule has 1 saturated heterocycles. The number of benzene rings is 2. The van der Waals surface area contributed by atoms with E-state index >= 15 is 0 Å². The van der Waals surface area contributed by atoms with E-state index in [-0.39, 0.29) is 10.7 Å². The monoisotopic (exact) mass is 583 g/mol. The zero-order chi connectivity index (χ0) is 27.4. The third kappa shape index (κ3) is 6.68. The molecule has 39 heavy (non-hydrogen) atoms. The largest absolute Gasteiger partial charge is 0.768 e. The molecule has 1 aliphatic heterocycles. The van der Waals surface area contributed by atoms with Gasteiger partial charge in [-0.25, -0.2) is 19.3 Å². The van der Waals surface area contributed by atoms with Gasteiger partial charge in [-0.15, -0.1) is 11.3 Å². The number of aromatic nitrogens is 4. The molecule has 4 heterocycles. The second kappa shape index (κ2) is 12.3. The average Bonchev–Trinajstić information content (AvgIpc) is 3.46. The molecule has 8 nitrogen and oxygen atoms in total. The second-order valence-corrected chi connectivity index (χ2v) is 11.5. The van der Waals surface area contributed by atoms with Crippen LogP contribution in [0, 0.1) is 12.7 Å². The van der Waals surface area contributed by atoms with Crippen LogP contribution in [0.4, 0.5) is 10.3 Å². The lowest BCUT2D eigenvalue weighted by Crippen LogP contribution is -2.35. The lowest BCUT2D eigenvalue weighted by Gasteiger charge is -2.23. The lowest BCUT2D eigenvalue weighted by atomic mass is 10.1. The molecular weight excluding hydrogens is 559 g/mol. The lowest BCUT2D eigenvalue weighted by molar-refractivity contribution is 0.477. The number of anilines is 1. The van der Waals surface area contributed by atoms with Gasteiger partial charge >= 0.3 is 0 Å². The first kappa shape index (κ1) is 27.4. The number of nitrogens with zero attached hydrogens (tertiary/aromatic N) is 4. The molecule has 1 aliphatic rings. The minimum Gasteiger partial charge on any atom is -0.768 e. The summed E-state index contributed by atoms with van der Waals surface area (Å²) in [5, 5.41) is 7.37. The Hall–Kier alpha value is -3.22. The molecule has 1 unspecified atom stereocenters. The molecule has 202 valence electrons. The van der Waals surface area contributed by atoms with Gasteiger partial charge in [0.2, 0.25) is 5.95 Å². The molecule has 0 bridgehead atoms. The van der Waals surface area contributed by atoms with Crippen molar-refractivity contribution in [2.45, 2.75) is 30.7 Å². The van der Waals surface area contributed by atoms with E-state index in [9.17, 15) is 13.2 Å². The zero-order valence-electron chi connectivity index (χ0n) is 20.9. The van der Waals surface area contributed by atoms with E-state index in [1.807, 2.05) is 6.07 Å². The maximum atomic E-state index is 13.4. The van der Waals surface area contributed by atoms with Crippen molar-refractivity contribution in [2.24, 2.45) is 0 Å². The van der Waals surface area contributed by atoms with Gasteiger partial charge in [-0.2, -0.15) is 0 Å². The van der Waals surface area contributed by atoms with Crippen LogP contribution in [0.15, 0.2) is 71.9 Å². The number of aryl methyl sites for hydroxylation is 1. The zero-order valence-corrected chi connectivity index (χ0v) is 23.3. The van der Waals surface area contributed by atoms with Gasteiger partial charge < -0.3 is 15.2 Å². The Morgan fingerprint density at radius 3 is 2.51 bits per heavy atom. The SMILES string of the molecule is Cc1cn2c(-c3ccnc(NC4CCNCC4)n3)c(-c3ccc(F)cc3)nc2s1.O=S([O-])c1ccc(Cl)cc1. The quantitative estimate of drug-likeness (QED) is 0.255. The fourth-order valence-corrected chi connectivity index (χ4v) is 5.57. The summed E-state index contributed by atoms with van der Waals surface area (Å²) in [6, 6.07) is 14.7. The molecule has 12 heteroatoms. The van der Waals surface area contributed by atoms with Crippen LogP contribution in [0.3, 0.4) is 0 Å². The van der Waals surface area contributed by atoms with Crippen LogP contribution in [-0.4, -0.2) is 47.2 Å². The van der Waals surface area contributed by atoms with Gasteiger partial charge in [0.05, 0.1) is 11.4 Å². The van der Waals surface area contributed by atoms with Crippen LogP contribution in [0.2, 0.25) is 5.02 Å².